The van der Waals surface area contributed by atoms with Gasteiger partial charge in [0.15, 0.2) is 5.01 Å². The van der Waals surface area contributed by atoms with Gasteiger partial charge in [0.1, 0.15) is 5.69 Å². The van der Waals surface area contributed by atoms with Crippen molar-refractivity contribution in [1.29, 1.82) is 0 Å². The molecule has 3 aromatic carbocycles. The molecule has 4 N–H and O–H groups in total. The lowest BCUT2D eigenvalue weighted by atomic mass is 9.95. The molecule has 1 aliphatic heterocycles. The number of rotatable bonds is 14. The van der Waals surface area contributed by atoms with Crippen LogP contribution in [-0.4, -0.2) is 78.0 Å². The number of nitrogens with one attached hydrogen (secondary N) is 3. The Kier molecular flexibility index (Phi) is 11.8. The van der Waals surface area contributed by atoms with Crippen molar-refractivity contribution in [3.05, 3.63) is 111 Å². The van der Waals surface area contributed by atoms with Crippen LogP contribution >= 0.6 is 22.9 Å². The first-order valence-electron chi connectivity index (χ1n) is 17.9. The highest BCUT2D eigenvalue weighted by Crippen LogP contribution is 2.40. The zero-order chi connectivity index (χ0) is 37.8. The van der Waals surface area contributed by atoms with E-state index in [9.17, 15) is 19.2 Å². The van der Waals surface area contributed by atoms with Crippen LogP contribution in [0.3, 0.4) is 0 Å². The van der Waals surface area contributed by atoms with Crippen LogP contribution in [0.5, 0.6) is 0 Å². The Morgan fingerprint density at radius 2 is 1.66 bits per heavy atom. The van der Waals surface area contributed by atoms with Gasteiger partial charge in [0.05, 0.1) is 30.8 Å². The van der Waals surface area contributed by atoms with Gasteiger partial charge >= 0.3 is 5.97 Å². The van der Waals surface area contributed by atoms with Crippen molar-refractivity contribution in [1.82, 2.24) is 25.5 Å². The average molecular weight is 772 g/mol. The molecule has 3 heterocycles. The first kappa shape index (κ1) is 38.4. The van der Waals surface area contributed by atoms with Crippen LogP contribution in [0.15, 0.2) is 84.9 Å². The van der Waals surface area contributed by atoms with Crippen LogP contribution in [0, 0.1) is 0 Å². The quantitative estimate of drug-likeness (QED) is 0.0874. The third-order valence-electron chi connectivity index (χ3n) is 10.2. The summed E-state index contributed by atoms with van der Waals surface area (Å²) in [5.74, 6) is -1.33. The summed E-state index contributed by atoms with van der Waals surface area (Å²) < 4.78 is 5.37. The molecular formula is C40H46ClN5O5SSi. The number of ether oxygens (including phenoxy) is 1. The molecule has 2 atom stereocenters. The molecular weight excluding hydrogens is 726 g/mol. The highest BCUT2D eigenvalue weighted by atomic mass is 35.5. The van der Waals surface area contributed by atoms with E-state index < -0.39 is 37.3 Å². The van der Waals surface area contributed by atoms with Crippen LogP contribution in [0.1, 0.15) is 70.9 Å². The van der Waals surface area contributed by atoms with E-state index in [1.807, 2.05) is 67.7 Å². The maximum atomic E-state index is 14.1. The van der Waals surface area contributed by atoms with Gasteiger partial charge in [0.25, 0.3) is 20.1 Å². The van der Waals surface area contributed by atoms with Crippen molar-refractivity contribution >= 4 is 70.3 Å². The Morgan fingerprint density at radius 3 is 2.32 bits per heavy atom. The Bertz CT molecular complexity index is 2030. The third kappa shape index (κ3) is 8.58. The molecule has 10 nitrogen and oxygen atoms in total. The number of carbonyl (C=O) groups excluding carboxylic acids is 3. The molecule has 0 fully saturated rings. The minimum Gasteiger partial charge on any atom is -0.466 e. The summed E-state index contributed by atoms with van der Waals surface area (Å²) in [5, 5.41) is 8.93. The van der Waals surface area contributed by atoms with Crippen LogP contribution in [0.25, 0.3) is 10.9 Å². The molecule has 0 radical (unpaired) electrons. The second-order valence-corrected chi connectivity index (χ2v) is 19.8. The summed E-state index contributed by atoms with van der Waals surface area (Å²) in [6.07, 6.45) is 1.35. The maximum absolute atomic E-state index is 14.1. The van der Waals surface area contributed by atoms with Crippen molar-refractivity contribution in [2.75, 3.05) is 20.2 Å². The summed E-state index contributed by atoms with van der Waals surface area (Å²) >= 11 is 7.58. The normalized spacial score (nSPS) is 14.7. The largest absolute Gasteiger partial charge is 0.466 e. The molecule has 2 amide bonds. The van der Waals surface area contributed by atoms with Crippen LogP contribution in [-0.2, 0) is 22.5 Å². The number of H-pyrrole nitrogens is 1. The molecule has 13 heteroatoms. The number of aromatic amines is 1. The van der Waals surface area contributed by atoms with Gasteiger partial charge in [-0.1, -0.05) is 86.1 Å². The van der Waals surface area contributed by atoms with Crippen LogP contribution < -0.4 is 21.0 Å². The first-order chi connectivity index (χ1) is 25.4. The Balaban J connectivity index is 1.35. The summed E-state index contributed by atoms with van der Waals surface area (Å²) in [6.45, 7) is 7.58. The first-order valence-corrected chi connectivity index (χ1v) is 21.1. The summed E-state index contributed by atoms with van der Waals surface area (Å²) in [4.78, 5) is 65.1. The second-order valence-electron chi connectivity index (χ2n) is 14.3. The van der Waals surface area contributed by atoms with E-state index >= 15 is 0 Å². The Labute approximate surface area is 320 Å². The average Bonchev–Trinajstić information content (AvgIpc) is 3.77. The van der Waals surface area contributed by atoms with Gasteiger partial charge in [0.2, 0.25) is 0 Å². The van der Waals surface area contributed by atoms with Gasteiger partial charge in [-0.05, 0) is 66.5 Å². The zero-order valence-corrected chi connectivity index (χ0v) is 33.0. The van der Waals surface area contributed by atoms with Crippen LogP contribution in [0.4, 0.5) is 0 Å². The van der Waals surface area contributed by atoms with Gasteiger partial charge in [-0.3, -0.25) is 14.4 Å². The number of hydrogen-bond donors (Lipinski definition) is 4. The minimum atomic E-state index is -3.42. The maximum Gasteiger partial charge on any atom is 0.307 e. The second kappa shape index (κ2) is 16.4. The smallest absolute Gasteiger partial charge is 0.307 e. The Hall–Kier alpha value is -4.33. The molecule has 0 aliphatic carbocycles. The molecule has 0 saturated carbocycles. The standard InChI is InChI=1S/C40H46ClN5O5SSi/c1-5-51-36(47)24-33(44-37(48)34-23-26-22-27(41)16-17-30(26)42-34)31(43-38(49)39-45-32-19-21-46(4)25-35(32)52-39)18-20-40(2,3)53(50,28-12-8-6-9-13-28)29-14-10-7-11-15-29/h6-17,22-23,31,33,42,50H,5,18-21,24-25H2,1-4H3,(H,43,49)(H,44,48)/t31-,33-/m1/s1. The molecule has 278 valence electrons. The van der Waals surface area contributed by atoms with Gasteiger partial charge in [-0.25, -0.2) is 4.98 Å². The lowest BCUT2D eigenvalue weighted by Gasteiger charge is -2.42. The van der Waals surface area contributed by atoms with Gasteiger partial charge in [-0.2, -0.15) is 0 Å². The van der Waals surface area contributed by atoms with Gasteiger partial charge < -0.3 is 30.0 Å². The van der Waals surface area contributed by atoms with E-state index in [0.717, 1.165) is 51.4 Å². The molecule has 1 aliphatic rings. The van der Waals surface area contributed by atoms with Crippen molar-refractivity contribution in [2.24, 2.45) is 0 Å². The van der Waals surface area contributed by atoms with E-state index in [4.69, 9.17) is 21.3 Å². The van der Waals surface area contributed by atoms with Crippen LogP contribution in [0.2, 0.25) is 10.1 Å². The summed E-state index contributed by atoms with van der Waals surface area (Å²) in [6, 6.07) is 24.9. The number of esters is 1. The fourth-order valence-electron chi connectivity index (χ4n) is 7.19. The van der Waals surface area contributed by atoms with Gasteiger partial charge in [0, 0.05) is 40.3 Å². The number of carbonyl (C=O) groups is 3. The van der Waals surface area contributed by atoms with E-state index in [1.165, 1.54) is 11.3 Å². The van der Waals surface area contributed by atoms with E-state index in [2.05, 4.69) is 34.4 Å². The number of likely N-dealkylation sites (N-methyl/N-ethyl adjacent to an activating group) is 1. The zero-order valence-electron chi connectivity index (χ0n) is 30.4. The number of halogens is 1. The molecule has 5 aromatic rings. The highest BCUT2D eigenvalue weighted by Gasteiger charge is 2.50. The van der Waals surface area contributed by atoms with Crippen molar-refractivity contribution in [3.8, 4) is 0 Å². The number of hydrogen-bond acceptors (Lipinski definition) is 8. The topological polar surface area (TPSA) is 137 Å². The van der Waals surface area contributed by atoms with Crippen molar-refractivity contribution in [2.45, 2.75) is 70.1 Å². The fourth-order valence-corrected chi connectivity index (χ4v) is 12.2. The number of thiazole rings is 1. The summed E-state index contributed by atoms with van der Waals surface area (Å²) in [7, 11) is -1.38. The van der Waals surface area contributed by atoms with E-state index in [1.54, 1.807) is 31.2 Å². The fraction of sp³-hybridized carbons (Fsp3) is 0.350. The minimum absolute atomic E-state index is 0.165. The van der Waals surface area contributed by atoms with E-state index in [0.29, 0.717) is 22.9 Å². The number of fused-ring (bicyclic) bond motifs is 2. The number of nitrogens with zero attached hydrogens (tertiary/aromatic N) is 2. The predicted octanol–water partition coefficient (Wildman–Crippen LogP) is 5.43. The summed E-state index contributed by atoms with van der Waals surface area (Å²) in [5.41, 5.74) is 1.94. The van der Waals surface area contributed by atoms with Crippen molar-refractivity contribution in [3.63, 3.8) is 0 Å². The van der Waals surface area contributed by atoms with Crippen molar-refractivity contribution < 1.29 is 23.9 Å². The monoisotopic (exact) mass is 771 g/mol. The Morgan fingerprint density at radius 1 is 1.00 bits per heavy atom. The number of aromatic nitrogens is 2. The SMILES string of the molecule is CCOC(=O)C[C@@H](NC(=O)c1cc2cc(Cl)ccc2[nH]1)[C@@H](CCC(C)(C)[Si](O)(c1ccccc1)c1ccccc1)NC(=O)c1nc2c(s1)CN(C)CC2. The number of benzene rings is 3. The molecule has 2 aromatic heterocycles. The lowest BCUT2D eigenvalue weighted by Crippen LogP contribution is -2.65. The molecule has 53 heavy (non-hydrogen) atoms. The predicted molar refractivity (Wildman–Crippen MR) is 213 cm³/mol. The van der Waals surface area contributed by atoms with E-state index in [-0.39, 0.29) is 24.6 Å². The lowest BCUT2D eigenvalue weighted by molar-refractivity contribution is -0.143. The molecule has 6 rings (SSSR count). The third-order valence-corrected chi connectivity index (χ3v) is 16.1. The number of amides is 2. The molecule has 0 bridgehead atoms. The highest BCUT2D eigenvalue weighted by molar-refractivity contribution is 7.13. The molecule has 0 unspecified atom stereocenters. The molecule has 0 saturated heterocycles. The van der Waals surface area contributed by atoms with Gasteiger partial charge in [-0.15, -0.1) is 11.3 Å². The molecule has 0 spiro atoms.